The van der Waals surface area contributed by atoms with E-state index >= 15 is 0 Å². The van der Waals surface area contributed by atoms with E-state index in [2.05, 4.69) is 86.2 Å². The van der Waals surface area contributed by atoms with Crippen LogP contribution in [0.1, 0.15) is 27.2 Å². The number of alkyl halides is 1. The fourth-order valence-corrected chi connectivity index (χ4v) is 3.43. The maximum absolute atomic E-state index is 4.51. The highest BCUT2D eigenvalue weighted by atomic mass is 127. The van der Waals surface area contributed by atoms with Gasteiger partial charge in [-0.3, -0.25) is 0 Å². The standard InChI is InChI=1S/C16H24INS/c1-10-5-6-16(15-8-14(10)15)18(4)12(3)11(2)7-13(19)9-17/h5-7,11-12,14-15,19H,8-9H2,1-4H3/b13-7-/t11?,12?,14-,15?/m0/s1. The van der Waals surface area contributed by atoms with Gasteiger partial charge < -0.3 is 4.90 Å². The average Bonchev–Trinajstić information content (AvgIpc) is 3.18. The SMILES string of the molecule is CC1=CC=C(N(C)C(C)C(C)/C=C(\S)CI)C2C[C@@H]12. The van der Waals surface area contributed by atoms with Gasteiger partial charge in [-0.2, -0.15) is 0 Å². The smallest absolute Gasteiger partial charge is 0.0315 e. The number of nitrogens with zero attached hydrogens (tertiary/aromatic N) is 1. The first kappa shape index (κ1) is 15.5. The Kier molecular flexibility index (Phi) is 5.09. The molecule has 0 aromatic heterocycles. The van der Waals surface area contributed by atoms with Gasteiger partial charge in [0, 0.05) is 29.1 Å². The summed E-state index contributed by atoms with van der Waals surface area (Å²) in [6.45, 7) is 6.87. The zero-order valence-corrected chi connectivity index (χ0v) is 15.3. The van der Waals surface area contributed by atoms with Crippen LogP contribution in [0, 0.1) is 17.8 Å². The molecule has 3 unspecified atom stereocenters. The minimum absolute atomic E-state index is 0.518. The molecule has 0 aliphatic heterocycles. The molecule has 0 saturated heterocycles. The highest BCUT2D eigenvalue weighted by molar-refractivity contribution is 14.1. The van der Waals surface area contributed by atoms with Gasteiger partial charge in [-0.25, -0.2) is 0 Å². The zero-order chi connectivity index (χ0) is 14.2. The van der Waals surface area contributed by atoms with Crippen LogP contribution in [0.3, 0.4) is 0 Å². The monoisotopic (exact) mass is 389 g/mol. The lowest BCUT2D eigenvalue weighted by Crippen LogP contribution is -2.34. The molecule has 1 fully saturated rings. The second kappa shape index (κ2) is 6.25. The topological polar surface area (TPSA) is 3.24 Å². The van der Waals surface area contributed by atoms with Gasteiger partial charge in [0.15, 0.2) is 0 Å². The molecule has 106 valence electrons. The van der Waals surface area contributed by atoms with Gasteiger partial charge in [0.25, 0.3) is 0 Å². The molecule has 2 aliphatic carbocycles. The van der Waals surface area contributed by atoms with E-state index in [1.165, 1.54) is 17.0 Å². The summed E-state index contributed by atoms with van der Waals surface area (Å²) in [5.41, 5.74) is 3.09. The van der Waals surface area contributed by atoms with Crippen LogP contribution in [-0.4, -0.2) is 22.4 Å². The molecule has 0 N–H and O–H groups in total. The molecule has 2 rings (SSSR count). The lowest BCUT2D eigenvalue weighted by atomic mass is 9.98. The third-order valence-corrected chi connectivity index (χ3v) is 6.38. The van der Waals surface area contributed by atoms with Crippen molar-refractivity contribution >= 4 is 35.2 Å². The summed E-state index contributed by atoms with van der Waals surface area (Å²) in [5, 5.41) is 0. The number of thiol groups is 1. The molecule has 4 atom stereocenters. The van der Waals surface area contributed by atoms with Crippen molar-refractivity contribution in [3.63, 3.8) is 0 Å². The van der Waals surface area contributed by atoms with Crippen LogP contribution in [0.4, 0.5) is 0 Å². The molecule has 0 heterocycles. The maximum atomic E-state index is 4.51. The first-order valence-corrected chi connectivity index (χ1v) is 8.99. The Bertz CT molecular complexity index is 438. The van der Waals surface area contributed by atoms with Gasteiger partial charge in [-0.15, -0.1) is 12.6 Å². The van der Waals surface area contributed by atoms with Gasteiger partial charge in [0.1, 0.15) is 0 Å². The molecule has 0 spiro atoms. The molecule has 0 radical (unpaired) electrons. The van der Waals surface area contributed by atoms with Crippen molar-refractivity contribution in [2.24, 2.45) is 17.8 Å². The van der Waals surface area contributed by atoms with E-state index in [4.69, 9.17) is 0 Å². The molecule has 1 saturated carbocycles. The Morgan fingerprint density at radius 1 is 1.47 bits per heavy atom. The van der Waals surface area contributed by atoms with Crippen LogP contribution in [0.25, 0.3) is 0 Å². The van der Waals surface area contributed by atoms with Crippen molar-refractivity contribution in [3.8, 4) is 0 Å². The number of fused-ring (bicyclic) bond motifs is 1. The average molecular weight is 389 g/mol. The number of hydrogen-bond acceptors (Lipinski definition) is 2. The quantitative estimate of drug-likeness (QED) is 0.406. The second-order valence-electron chi connectivity index (χ2n) is 5.95. The highest BCUT2D eigenvalue weighted by Gasteiger charge is 2.44. The van der Waals surface area contributed by atoms with E-state index in [-0.39, 0.29) is 0 Å². The maximum Gasteiger partial charge on any atom is 0.0315 e. The predicted octanol–water partition coefficient (Wildman–Crippen LogP) is 4.67. The van der Waals surface area contributed by atoms with Crippen molar-refractivity contribution in [1.82, 2.24) is 4.90 Å². The minimum atomic E-state index is 0.518. The highest BCUT2D eigenvalue weighted by Crippen LogP contribution is 2.52. The summed E-state index contributed by atoms with van der Waals surface area (Å²) in [6.07, 6.45) is 8.28. The number of halogens is 1. The fraction of sp³-hybridized carbons (Fsp3) is 0.625. The van der Waals surface area contributed by atoms with E-state index in [1.54, 1.807) is 5.57 Å². The Hall–Kier alpha value is 0.100. The number of hydrogen-bond donors (Lipinski definition) is 1. The van der Waals surface area contributed by atoms with Crippen LogP contribution in [-0.2, 0) is 0 Å². The molecule has 1 nitrogen and oxygen atoms in total. The first-order chi connectivity index (χ1) is 8.95. The zero-order valence-electron chi connectivity index (χ0n) is 12.2. The van der Waals surface area contributed by atoms with Crippen LogP contribution in [0.2, 0.25) is 0 Å². The van der Waals surface area contributed by atoms with Gasteiger partial charge in [0.2, 0.25) is 0 Å². The molecule has 0 bridgehead atoms. The summed E-state index contributed by atoms with van der Waals surface area (Å²) in [6, 6.07) is 0.518. The van der Waals surface area contributed by atoms with Gasteiger partial charge in [-0.1, -0.05) is 47.2 Å². The van der Waals surface area contributed by atoms with Crippen LogP contribution < -0.4 is 0 Å². The largest absolute Gasteiger partial charge is 0.374 e. The van der Waals surface area contributed by atoms with Gasteiger partial charge in [0.05, 0.1) is 0 Å². The van der Waals surface area contributed by atoms with Crippen LogP contribution in [0.15, 0.2) is 34.4 Å². The summed E-state index contributed by atoms with van der Waals surface area (Å²) in [7, 11) is 2.24. The lowest BCUT2D eigenvalue weighted by molar-refractivity contribution is 0.261. The number of rotatable bonds is 5. The molecule has 0 aromatic carbocycles. The molecule has 0 amide bonds. The van der Waals surface area contributed by atoms with Crippen LogP contribution >= 0.6 is 35.2 Å². The molecule has 2 aliphatic rings. The van der Waals surface area contributed by atoms with Crippen molar-refractivity contribution in [3.05, 3.63) is 34.4 Å². The van der Waals surface area contributed by atoms with Gasteiger partial charge in [-0.05, 0) is 43.1 Å². The summed E-state index contributed by atoms with van der Waals surface area (Å²) in [5.74, 6) is 2.14. The van der Waals surface area contributed by atoms with Crippen molar-refractivity contribution in [2.45, 2.75) is 33.2 Å². The molecule has 19 heavy (non-hydrogen) atoms. The van der Waals surface area contributed by atoms with Crippen molar-refractivity contribution in [1.29, 1.82) is 0 Å². The van der Waals surface area contributed by atoms with Crippen molar-refractivity contribution < 1.29 is 0 Å². The summed E-state index contributed by atoms with van der Waals surface area (Å²) < 4.78 is 0.997. The summed E-state index contributed by atoms with van der Waals surface area (Å²) in [4.78, 5) is 3.66. The third-order valence-electron chi connectivity index (χ3n) is 4.64. The van der Waals surface area contributed by atoms with E-state index in [1.807, 2.05) is 0 Å². The van der Waals surface area contributed by atoms with Crippen LogP contribution in [0.5, 0.6) is 0 Å². The van der Waals surface area contributed by atoms with Gasteiger partial charge >= 0.3 is 0 Å². The molecule has 0 aromatic rings. The molecular formula is C16H24INS. The predicted molar refractivity (Wildman–Crippen MR) is 95.8 cm³/mol. The van der Waals surface area contributed by atoms with E-state index in [0.29, 0.717) is 12.0 Å². The minimum Gasteiger partial charge on any atom is -0.374 e. The molecular weight excluding hydrogens is 365 g/mol. The Labute approximate surface area is 136 Å². The summed E-state index contributed by atoms with van der Waals surface area (Å²) >= 11 is 6.87. The second-order valence-corrected chi connectivity index (χ2v) is 7.29. The Balaban J connectivity index is 2.06. The normalized spacial score (nSPS) is 29.1. The van der Waals surface area contributed by atoms with E-state index in [9.17, 15) is 0 Å². The fourth-order valence-electron chi connectivity index (χ4n) is 2.94. The Morgan fingerprint density at radius 3 is 2.79 bits per heavy atom. The van der Waals surface area contributed by atoms with E-state index < -0.39 is 0 Å². The Morgan fingerprint density at radius 2 is 2.16 bits per heavy atom. The third kappa shape index (κ3) is 3.41. The molecule has 3 heteroatoms. The lowest BCUT2D eigenvalue weighted by Gasteiger charge is -2.34. The van der Waals surface area contributed by atoms with E-state index in [0.717, 1.165) is 16.3 Å². The number of allylic oxidation sites excluding steroid dienone is 5. The first-order valence-electron chi connectivity index (χ1n) is 7.02. The van der Waals surface area contributed by atoms with Crippen molar-refractivity contribution in [2.75, 3.05) is 11.5 Å².